The Morgan fingerprint density at radius 1 is 1.17 bits per heavy atom. The lowest BCUT2D eigenvalue weighted by Gasteiger charge is -2.34. The molecule has 0 radical (unpaired) electrons. The molecular weight excluding hydrogens is 315 g/mol. The molecule has 2 aromatic rings. The number of hydrogen-bond donors (Lipinski definition) is 0. The van der Waals surface area contributed by atoms with Gasteiger partial charge in [0.1, 0.15) is 11.6 Å². The van der Waals surface area contributed by atoms with E-state index in [2.05, 4.69) is 19.2 Å². The highest BCUT2D eigenvalue weighted by atomic mass is 32.1. The molecule has 124 valence electrons. The maximum absolute atomic E-state index is 12.9. The van der Waals surface area contributed by atoms with Crippen LogP contribution in [0.4, 0.5) is 9.52 Å². The number of anilines is 1. The molecule has 1 saturated heterocycles. The van der Waals surface area contributed by atoms with E-state index in [1.54, 1.807) is 7.11 Å². The second-order valence-corrected chi connectivity index (χ2v) is 6.36. The van der Waals surface area contributed by atoms with E-state index in [1.165, 1.54) is 23.7 Å². The van der Waals surface area contributed by atoms with E-state index in [9.17, 15) is 4.39 Å². The minimum Gasteiger partial charge on any atom is -0.384 e. The van der Waals surface area contributed by atoms with Crippen LogP contribution in [0.25, 0.3) is 0 Å². The van der Waals surface area contributed by atoms with Crippen LogP contribution in [-0.2, 0) is 17.7 Å². The molecule has 1 aliphatic rings. The summed E-state index contributed by atoms with van der Waals surface area (Å²) in [6.45, 7) is 5.36. The molecule has 2 heterocycles. The summed E-state index contributed by atoms with van der Waals surface area (Å²) in [7, 11) is 1.69. The molecule has 0 unspecified atom stereocenters. The van der Waals surface area contributed by atoms with Gasteiger partial charge in [-0.15, -0.1) is 0 Å². The van der Waals surface area contributed by atoms with Gasteiger partial charge in [0.2, 0.25) is 5.13 Å². The van der Waals surface area contributed by atoms with Crippen molar-refractivity contribution in [1.29, 1.82) is 0 Å². The van der Waals surface area contributed by atoms with Crippen LogP contribution in [0.5, 0.6) is 0 Å². The monoisotopic (exact) mass is 336 g/mol. The third kappa shape index (κ3) is 4.46. The standard InChI is InChI=1S/C16H21FN4OS/c1-22-11-6-15-18-16(23-19-15)21-9-7-20(8-10-21)12-13-2-4-14(17)5-3-13/h2-5H,6-12H2,1H3. The number of aromatic nitrogens is 2. The zero-order valence-corrected chi connectivity index (χ0v) is 14.1. The maximum atomic E-state index is 12.9. The summed E-state index contributed by atoms with van der Waals surface area (Å²) in [5.74, 6) is 0.680. The van der Waals surface area contributed by atoms with Crippen molar-refractivity contribution in [2.45, 2.75) is 13.0 Å². The van der Waals surface area contributed by atoms with Gasteiger partial charge in [0, 0.05) is 57.8 Å². The van der Waals surface area contributed by atoms with Crippen LogP contribution in [0.15, 0.2) is 24.3 Å². The lowest BCUT2D eigenvalue weighted by molar-refractivity contribution is 0.201. The van der Waals surface area contributed by atoms with Crippen molar-refractivity contribution in [3.8, 4) is 0 Å². The number of rotatable bonds is 6. The van der Waals surface area contributed by atoms with Gasteiger partial charge in [0.05, 0.1) is 6.61 Å². The topological polar surface area (TPSA) is 41.5 Å². The summed E-state index contributed by atoms with van der Waals surface area (Å²) < 4.78 is 22.4. The summed E-state index contributed by atoms with van der Waals surface area (Å²) in [5, 5.41) is 0.998. The van der Waals surface area contributed by atoms with E-state index >= 15 is 0 Å². The molecule has 1 fully saturated rings. The van der Waals surface area contributed by atoms with Crippen LogP contribution in [-0.4, -0.2) is 54.2 Å². The Morgan fingerprint density at radius 2 is 1.91 bits per heavy atom. The predicted octanol–water partition coefficient (Wildman–Crippen LogP) is 2.19. The first kappa shape index (κ1) is 16.3. The normalized spacial score (nSPS) is 16.0. The highest BCUT2D eigenvalue weighted by molar-refractivity contribution is 7.09. The molecule has 1 aromatic carbocycles. The summed E-state index contributed by atoms with van der Waals surface area (Å²) in [6, 6.07) is 6.76. The Kier molecular flexibility index (Phi) is 5.53. The van der Waals surface area contributed by atoms with Crippen LogP contribution in [0.3, 0.4) is 0 Å². The van der Waals surface area contributed by atoms with Gasteiger partial charge in [-0.05, 0) is 17.7 Å². The molecule has 0 N–H and O–H groups in total. The van der Waals surface area contributed by atoms with Gasteiger partial charge in [-0.25, -0.2) is 9.37 Å². The third-order valence-corrected chi connectivity index (χ3v) is 4.76. The van der Waals surface area contributed by atoms with Gasteiger partial charge in [-0.3, -0.25) is 4.90 Å². The van der Waals surface area contributed by atoms with Crippen molar-refractivity contribution in [1.82, 2.24) is 14.3 Å². The SMILES string of the molecule is COCCc1nsc(N2CCN(Cc3ccc(F)cc3)CC2)n1. The zero-order chi connectivity index (χ0) is 16.1. The highest BCUT2D eigenvalue weighted by Gasteiger charge is 2.20. The molecule has 1 aromatic heterocycles. The van der Waals surface area contributed by atoms with Gasteiger partial charge < -0.3 is 9.64 Å². The van der Waals surface area contributed by atoms with Crippen molar-refractivity contribution in [3.05, 3.63) is 41.5 Å². The molecule has 0 atom stereocenters. The van der Waals surface area contributed by atoms with Crippen LogP contribution in [0.2, 0.25) is 0 Å². The summed E-state index contributed by atoms with van der Waals surface area (Å²) >= 11 is 1.46. The number of halogens is 1. The number of benzene rings is 1. The minimum atomic E-state index is -0.181. The van der Waals surface area contributed by atoms with Gasteiger partial charge in [-0.2, -0.15) is 4.37 Å². The Balaban J connectivity index is 1.50. The second kappa shape index (κ2) is 7.81. The van der Waals surface area contributed by atoms with E-state index in [4.69, 9.17) is 4.74 Å². The molecule has 0 saturated carbocycles. The molecule has 0 spiro atoms. The van der Waals surface area contributed by atoms with E-state index in [-0.39, 0.29) is 5.82 Å². The van der Waals surface area contributed by atoms with Crippen molar-refractivity contribution < 1.29 is 9.13 Å². The fourth-order valence-corrected chi connectivity index (χ4v) is 3.38. The molecular formula is C16H21FN4OS. The van der Waals surface area contributed by atoms with Crippen LogP contribution in [0.1, 0.15) is 11.4 Å². The number of methoxy groups -OCH3 is 1. The maximum Gasteiger partial charge on any atom is 0.205 e. The van der Waals surface area contributed by atoms with Crippen molar-refractivity contribution in [3.63, 3.8) is 0 Å². The van der Waals surface area contributed by atoms with Gasteiger partial charge in [0.15, 0.2) is 0 Å². The van der Waals surface area contributed by atoms with Gasteiger partial charge in [-0.1, -0.05) is 12.1 Å². The Hall–Kier alpha value is -1.57. The Morgan fingerprint density at radius 3 is 2.61 bits per heavy atom. The summed E-state index contributed by atoms with van der Waals surface area (Å²) in [4.78, 5) is 9.26. The zero-order valence-electron chi connectivity index (χ0n) is 13.2. The van der Waals surface area contributed by atoms with Crippen molar-refractivity contribution in [2.75, 3.05) is 44.8 Å². The highest BCUT2D eigenvalue weighted by Crippen LogP contribution is 2.20. The largest absolute Gasteiger partial charge is 0.384 e. The second-order valence-electron chi connectivity index (χ2n) is 5.63. The smallest absolute Gasteiger partial charge is 0.205 e. The molecule has 5 nitrogen and oxygen atoms in total. The number of ether oxygens (including phenoxy) is 1. The molecule has 7 heteroatoms. The van der Waals surface area contributed by atoms with E-state index in [0.29, 0.717) is 6.61 Å². The van der Waals surface area contributed by atoms with Crippen LogP contribution in [0, 0.1) is 5.82 Å². The van der Waals surface area contributed by atoms with E-state index in [1.807, 2.05) is 12.1 Å². The Labute approximate surface area is 139 Å². The number of piperazine rings is 1. The number of hydrogen-bond acceptors (Lipinski definition) is 6. The Bertz CT molecular complexity index is 611. The van der Waals surface area contributed by atoms with Gasteiger partial charge in [0.25, 0.3) is 0 Å². The summed E-state index contributed by atoms with van der Waals surface area (Å²) in [5.41, 5.74) is 1.15. The molecule has 3 rings (SSSR count). The average molecular weight is 336 g/mol. The third-order valence-electron chi connectivity index (χ3n) is 3.95. The molecule has 1 aliphatic heterocycles. The van der Waals surface area contributed by atoms with Crippen molar-refractivity contribution in [2.24, 2.45) is 0 Å². The predicted molar refractivity (Wildman–Crippen MR) is 89.4 cm³/mol. The fraction of sp³-hybridized carbons (Fsp3) is 0.500. The van der Waals surface area contributed by atoms with Gasteiger partial charge >= 0.3 is 0 Å². The molecule has 23 heavy (non-hydrogen) atoms. The fourth-order valence-electron chi connectivity index (χ4n) is 2.61. The van der Waals surface area contributed by atoms with E-state index in [0.717, 1.165) is 55.7 Å². The molecule has 0 amide bonds. The quantitative estimate of drug-likeness (QED) is 0.809. The minimum absolute atomic E-state index is 0.181. The first-order valence-electron chi connectivity index (χ1n) is 7.78. The molecule has 0 bridgehead atoms. The van der Waals surface area contributed by atoms with Crippen molar-refractivity contribution >= 4 is 16.7 Å². The lowest BCUT2D eigenvalue weighted by atomic mass is 10.2. The van der Waals surface area contributed by atoms with Crippen LogP contribution < -0.4 is 4.90 Å². The van der Waals surface area contributed by atoms with Crippen LogP contribution >= 0.6 is 11.5 Å². The number of nitrogens with zero attached hydrogens (tertiary/aromatic N) is 4. The first-order valence-corrected chi connectivity index (χ1v) is 8.55. The summed E-state index contributed by atoms with van der Waals surface area (Å²) in [6.07, 6.45) is 0.761. The first-order chi connectivity index (χ1) is 11.2. The van der Waals surface area contributed by atoms with E-state index < -0.39 is 0 Å². The molecule has 0 aliphatic carbocycles. The lowest BCUT2D eigenvalue weighted by Crippen LogP contribution is -2.45. The average Bonchev–Trinajstić information content (AvgIpc) is 3.05.